The van der Waals surface area contributed by atoms with E-state index in [-0.39, 0.29) is 5.63 Å². The van der Waals surface area contributed by atoms with Crippen LogP contribution >= 0.6 is 11.3 Å². The minimum Gasteiger partial charge on any atom is -0.422 e. The van der Waals surface area contributed by atoms with Gasteiger partial charge in [0.25, 0.3) is 0 Å². The maximum atomic E-state index is 12.6. The molecule has 0 amide bonds. The van der Waals surface area contributed by atoms with Crippen molar-refractivity contribution in [2.45, 2.75) is 27.3 Å². The summed E-state index contributed by atoms with van der Waals surface area (Å²) in [5.74, 6) is 0. The highest BCUT2D eigenvalue weighted by Crippen LogP contribution is 2.22. The number of nitrogens with zero attached hydrogens (tertiary/aromatic N) is 3. The lowest BCUT2D eigenvalue weighted by atomic mass is 10.1. The van der Waals surface area contributed by atoms with Crippen LogP contribution in [0.15, 0.2) is 92.0 Å². The molecule has 0 aliphatic rings. The van der Waals surface area contributed by atoms with Gasteiger partial charge in [-0.05, 0) is 30.7 Å². The molecule has 0 bridgehead atoms. The third kappa shape index (κ3) is 5.16. The van der Waals surface area contributed by atoms with E-state index < -0.39 is 0 Å². The number of hydrogen-bond acceptors (Lipinski definition) is 5. The summed E-state index contributed by atoms with van der Waals surface area (Å²) < 4.78 is 7.44. The number of aromatic nitrogens is 1. The first-order valence-corrected chi connectivity index (χ1v) is 11.0. The predicted molar refractivity (Wildman–Crippen MR) is 130 cm³/mol. The molecule has 0 aliphatic heterocycles. The van der Waals surface area contributed by atoms with Crippen molar-refractivity contribution in [1.82, 2.24) is 4.57 Å². The molecule has 2 aromatic carbocycles. The molecule has 0 saturated carbocycles. The molecule has 31 heavy (non-hydrogen) atoms. The van der Waals surface area contributed by atoms with Crippen molar-refractivity contribution in [2.75, 3.05) is 0 Å². The van der Waals surface area contributed by atoms with E-state index in [1.807, 2.05) is 85.3 Å². The Balaban J connectivity index is 0.00000132. The summed E-state index contributed by atoms with van der Waals surface area (Å²) in [6.07, 6.45) is 3.47. The van der Waals surface area contributed by atoms with Crippen molar-refractivity contribution in [3.63, 3.8) is 0 Å². The molecular formula is C25H25N3O2S. The molecule has 0 saturated heterocycles. The zero-order chi connectivity index (χ0) is 22.2. The molecular weight excluding hydrogens is 406 g/mol. The molecule has 0 atom stereocenters. The Morgan fingerprint density at radius 3 is 2.65 bits per heavy atom. The second kappa shape index (κ2) is 10.5. The largest absolute Gasteiger partial charge is 0.422 e. The first-order chi connectivity index (χ1) is 15.2. The summed E-state index contributed by atoms with van der Waals surface area (Å²) in [6.45, 7) is 10.3. The van der Waals surface area contributed by atoms with Crippen molar-refractivity contribution in [1.29, 1.82) is 0 Å². The van der Waals surface area contributed by atoms with Crippen molar-refractivity contribution in [3.8, 4) is 11.3 Å². The van der Waals surface area contributed by atoms with Gasteiger partial charge in [-0.1, -0.05) is 61.9 Å². The minimum atomic E-state index is -0.378. The van der Waals surface area contributed by atoms with Crippen LogP contribution in [0.5, 0.6) is 0 Å². The van der Waals surface area contributed by atoms with Crippen LogP contribution in [0.2, 0.25) is 0 Å². The van der Waals surface area contributed by atoms with Gasteiger partial charge < -0.3 is 8.98 Å². The first kappa shape index (κ1) is 22.2. The molecule has 4 aromatic rings. The average Bonchev–Trinajstić information content (AvgIpc) is 3.18. The third-order valence-electron chi connectivity index (χ3n) is 4.42. The summed E-state index contributed by atoms with van der Waals surface area (Å²) in [7, 11) is 0. The number of hydrogen-bond donors (Lipinski definition) is 0. The normalized spacial score (nSPS) is 11.5. The highest BCUT2D eigenvalue weighted by atomic mass is 32.1. The smallest absolute Gasteiger partial charge is 0.345 e. The monoisotopic (exact) mass is 431 g/mol. The van der Waals surface area contributed by atoms with E-state index in [2.05, 4.69) is 16.8 Å². The summed E-state index contributed by atoms with van der Waals surface area (Å²) >= 11 is 1.42. The highest BCUT2D eigenvalue weighted by molar-refractivity contribution is 7.07. The zero-order valence-corrected chi connectivity index (χ0v) is 18.7. The molecule has 2 heterocycles. The number of rotatable bonds is 5. The van der Waals surface area contributed by atoms with E-state index in [1.54, 1.807) is 12.3 Å². The maximum Gasteiger partial charge on any atom is 0.345 e. The van der Waals surface area contributed by atoms with Gasteiger partial charge in [0.15, 0.2) is 0 Å². The highest BCUT2D eigenvalue weighted by Gasteiger charge is 2.13. The van der Waals surface area contributed by atoms with Gasteiger partial charge in [0.05, 0.1) is 17.5 Å². The van der Waals surface area contributed by atoms with Crippen LogP contribution in [-0.2, 0) is 6.54 Å². The van der Waals surface area contributed by atoms with Crippen LogP contribution in [0.1, 0.15) is 25.0 Å². The third-order valence-corrected chi connectivity index (χ3v) is 5.28. The van der Waals surface area contributed by atoms with Crippen molar-refractivity contribution >= 4 is 28.5 Å². The van der Waals surface area contributed by atoms with Gasteiger partial charge in [-0.25, -0.2) is 4.79 Å². The van der Waals surface area contributed by atoms with E-state index in [1.165, 1.54) is 11.3 Å². The van der Waals surface area contributed by atoms with Crippen LogP contribution in [0, 0.1) is 6.92 Å². The van der Waals surface area contributed by atoms with Gasteiger partial charge in [0.1, 0.15) is 5.58 Å². The quantitative estimate of drug-likeness (QED) is 0.174. The summed E-state index contributed by atoms with van der Waals surface area (Å²) in [6, 6.07) is 17.4. The predicted octanol–water partition coefficient (Wildman–Crippen LogP) is 5.78. The van der Waals surface area contributed by atoms with Gasteiger partial charge >= 0.3 is 5.63 Å². The van der Waals surface area contributed by atoms with Crippen molar-refractivity contribution in [3.05, 3.63) is 99.0 Å². The summed E-state index contributed by atoms with van der Waals surface area (Å²) in [5.41, 5.74) is 3.50. The minimum absolute atomic E-state index is 0.378. The Morgan fingerprint density at radius 1 is 1.13 bits per heavy atom. The fraction of sp³-hybridized carbons (Fsp3) is 0.160. The average molecular weight is 432 g/mol. The molecule has 0 radical (unpaired) electrons. The van der Waals surface area contributed by atoms with Crippen LogP contribution in [0.4, 0.5) is 0 Å². The second-order valence-corrected chi connectivity index (χ2v) is 7.38. The Labute approximate surface area is 185 Å². The van der Waals surface area contributed by atoms with Gasteiger partial charge in [-0.15, -0.1) is 23.0 Å². The molecule has 0 unspecified atom stereocenters. The van der Waals surface area contributed by atoms with Crippen molar-refractivity contribution < 1.29 is 4.42 Å². The second-order valence-electron chi connectivity index (χ2n) is 6.55. The number of fused-ring (bicyclic) bond motifs is 1. The maximum absolute atomic E-state index is 12.6. The topological polar surface area (TPSA) is 59.9 Å². The van der Waals surface area contributed by atoms with Crippen LogP contribution in [0.3, 0.4) is 0 Å². The van der Waals surface area contributed by atoms with Crippen LogP contribution < -0.4 is 10.4 Å². The Hall–Kier alpha value is -3.51. The molecule has 0 N–H and O–H groups in total. The van der Waals surface area contributed by atoms with Gasteiger partial charge in [0, 0.05) is 17.3 Å². The molecule has 0 aliphatic carbocycles. The molecule has 158 valence electrons. The lowest BCUT2D eigenvalue weighted by Gasteiger charge is -2.06. The SMILES string of the molecule is C=CCn1c(-c2cc3cc(C)ccc3oc2=O)cs/c1=N\N=Cc1ccccc1.CC. The first-order valence-electron chi connectivity index (χ1n) is 10.1. The summed E-state index contributed by atoms with van der Waals surface area (Å²) in [4.78, 5) is 13.3. The van der Waals surface area contributed by atoms with E-state index in [0.29, 0.717) is 22.5 Å². The number of benzene rings is 2. The van der Waals surface area contributed by atoms with Gasteiger partial charge in [-0.2, -0.15) is 5.10 Å². The number of thiazole rings is 1. The standard InChI is InChI=1S/C23H19N3O2S.C2H6/c1-3-11-26-20(15-29-23(26)25-24-14-17-7-5-4-6-8-17)19-13-18-12-16(2)9-10-21(18)28-22(19)27;1-2/h3-10,12-15H,1,11H2,2H3;1-2H3/b24-14?,25-23-;. The summed E-state index contributed by atoms with van der Waals surface area (Å²) in [5, 5.41) is 11.3. The molecule has 4 rings (SSSR count). The van der Waals surface area contributed by atoms with Gasteiger partial charge in [0.2, 0.25) is 4.80 Å². The molecule has 0 fully saturated rings. The number of aryl methyl sites for hydroxylation is 1. The van der Waals surface area contributed by atoms with E-state index in [0.717, 1.165) is 22.2 Å². The lowest BCUT2D eigenvalue weighted by molar-refractivity contribution is 0.562. The van der Waals surface area contributed by atoms with E-state index in [4.69, 9.17) is 4.42 Å². The Bertz CT molecular complexity index is 1330. The molecule has 0 spiro atoms. The van der Waals surface area contributed by atoms with Crippen molar-refractivity contribution in [2.24, 2.45) is 10.2 Å². The van der Waals surface area contributed by atoms with Crippen LogP contribution in [0.25, 0.3) is 22.2 Å². The number of allylic oxidation sites excluding steroid dienone is 1. The van der Waals surface area contributed by atoms with E-state index >= 15 is 0 Å². The molecule has 2 aromatic heterocycles. The molecule has 5 nitrogen and oxygen atoms in total. The van der Waals surface area contributed by atoms with E-state index in [9.17, 15) is 4.79 Å². The van der Waals surface area contributed by atoms with Crippen LogP contribution in [-0.4, -0.2) is 10.8 Å². The fourth-order valence-electron chi connectivity index (χ4n) is 3.04. The van der Waals surface area contributed by atoms with Gasteiger partial charge in [-0.3, -0.25) is 0 Å². The lowest BCUT2D eigenvalue weighted by Crippen LogP contribution is -2.17. The fourth-order valence-corrected chi connectivity index (χ4v) is 3.90. The molecule has 6 heteroatoms. The zero-order valence-electron chi connectivity index (χ0n) is 17.9. The Kier molecular flexibility index (Phi) is 7.51. The Morgan fingerprint density at radius 2 is 1.90 bits per heavy atom.